The summed E-state index contributed by atoms with van der Waals surface area (Å²) in [5, 5.41) is 0. The fraction of sp³-hybridized carbons (Fsp3) is 0.0909. The van der Waals surface area contributed by atoms with Crippen LogP contribution in [0.15, 0.2) is 46.9 Å². The van der Waals surface area contributed by atoms with Crippen LogP contribution in [-0.2, 0) is 5.88 Å². The van der Waals surface area contributed by atoms with Crippen molar-refractivity contribution in [1.29, 1.82) is 0 Å². The number of furan rings is 1. The average Bonchev–Trinajstić information content (AvgIpc) is 2.67. The molecule has 0 aliphatic heterocycles. The molecule has 0 radical (unpaired) electrons. The van der Waals surface area contributed by atoms with Crippen LogP contribution >= 0.6 is 11.6 Å². The number of hydrogen-bond acceptors (Lipinski definition) is 1. The fourth-order valence-electron chi connectivity index (χ4n) is 1.21. The van der Waals surface area contributed by atoms with Crippen molar-refractivity contribution in [1.82, 2.24) is 0 Å². The Balaban J connectivity index is 2.36. The Kier molecular flexibility index (Phi) is 2.37. The molecule has 2 heteroatoms. The van der Waals surface area contributed by atoms with Crippen molar-refractivity contribution in [3.8, 4) is 11.3 Å². The highest BCUT2D eigenvalue weighted by Gasteiger charge is 2.01. The van der Waals surface area contributed by atoms with E-state index >= 15 is 0 Å². The van der Waals surface area contributed by atoms with Crippen molar-refractivity contribution in [2.75, 3.05) is 0 Å². The van der Waals surface area contributed by atoms with Gasteiger partial charge in [-0.2, -0.15) is 0 Å². The van der Waals surface area contributed by atoms with E-state index < -0.39 is 0 Å². The van der Waals surface area contributed by atoms with E-state index in [0.717, 1.165) is 17.1 Å². The summed E-state index contributed by atoms with van der Waals surface area (Å²) in [6.45, 7) is 0. The molecule has 1 aromatic heterocycles. The Morgan fingerprint density at radius 2 is 1.77 bits per heavy atom. The topological polar surface area (TPSA) is 13.1 Å². The van der Waals surface area contributed by atoms with E-state index in [1.165, 1.54) is 0 Å². The number of benzene rings is 1. The molecular formula is C11H9ClO. The lowest BCUT2D eigenvalue weighted by Gasteiger charge is -1.94. The van der Waals surface area contributed by atoms with Gasteiger partial charge in [-0.1, -0.05) is 30.3 Å². The molecular weight excluding hydrogens is 184 g/mol. The molecule has 0 amide bonds. The highest BCUT2D eigenvalue weighted by atomic mass is 35.5. The van der Waals surface area contributed by atoms with Crippen LogP contribution in [0.5, 0.6) is 0 Å². The first-order valence-corrected chi connectivity index (χ1v) is 4.63. The third-order valence-corrected chi connectivity index (χ3v) is 2.12. The van der Waals surface area contributed by atoms with Crippen molar-refractivity contribution >= 4 is 11.6 Å². The van der Waals surface area contributed by atoms with Crippen LogP contribution in [0.3, 0.4) is 0 Å². The predicted octanol–water partition coefficient (Wildman–Crippen LogP) is 3.69. The molecule has 0 spiro atoms. The lowest BCUT2D eigenvalue weighted by Crippen LogP contribution is -1.71. The first kappa shape index (κ1) is 8.39. The molecule has 0 aliphatic carbocycles. The smallest absolute Gasteiger partial charge is 0.134 e. The third-order valence-electron chi connectivity index (χ3n) is 1.85. The molecule has 0 bridgehead atoms. The van der Waals surface area contributed by atoms with Gasteiger partial charge >= 0.3 is 0 Å². The molecule has 13 heavy (non-hydrogen) atoms. The van der Waals surface area contributed by atoms with Gasteiger partial charge in [0.25, 0.3) is 0 Å². The summed E-state index contributed by atoms with van der Waals surface area (Å²) in [5.74, 6) is 2.10. The Hall–Kier alpha value is -1.21. The largest absolute Gasteiger partial charge is 0.460 e. The number of hydrogen-bond donors (Lipinski definition) is 0. The van der Waals surface area contributed by atoms with Crippen LogP contribution in [0.4, 0.5) is 0 Å². The zero-order chi connectivity index (χ0) is 9.10. The van der Waals surface area contributed by atoms with Crippen LogP contribution in [0, 0.1) is 0 Å². The van der Waals surface area contributed by atoms with Gasteiger partial charge in [-0.25, -0.2) is 0 Å². The predicted molar refractivity (Wildman–Crippen MR) is 53.7 cm³/mol. The molecule has 0 saturated heterocycles. The van der Waals surface area contributed by atoms with Gasteiger partial charge in [0, 0.05) is 5.56 Å². The molecule has 0 aliphatic rings. The zero-order valence-electron chi connectivity index (χ0n) is 7.03. The van der Waals surface area contributed by atoms with Gasteiger partial charge in [-0.05, 0) is 12.1 Å². The summed E-state index contributed by atoms with van der Waals surface area (Å²) in [4.78, 5) is 0. The summed E-state index contributed by atoms with van der Waals surface area (Å²) >= 11 is 5.63. The Labute approximate surface area is 82.0 Å². The minimum absolute atomic E-state index is 0.423. The zero-order valence-corrected chi connectivity index (χ0v) is 7.79. The maximum atomic E-state index is 5.63. The standard InChI is InChI=1S/C11H9ClO/c12-8-10-6-7-11(13-10)9-4-2-1-3-5-9/h1-7H,8H2. The third kappa shape index (κ3) is 1.76. The summed E-state index contributed by atoms with van der Waals surface area (Å²) in [6.07, 6.45) is 0. The van der Waals surface area contributed by atoms with Gasteiger partial charge in [-0.3, -0.25) is 0 Å². The molecule has 1 heterocycles. The van der Waals surface area contributed by atoms with Crippen molar-refractivity contribution in [2.45, 2.75) is 5.88 Å². The molecule has 0 N–H and O–H groups in total. The van der Waals surface area contributed by atoms with Gasteiger partial charge in [-0.15, -0.1) is 11.6 Å². The summed E-state index contributed by atoms with van der Waals surface area (Å²) in [7, 11) is 0. The Morgan fingerprint density at radius 1 is 1.00 bits per heavy atom. The van der Waals surface area contributed by atoms with Crippen molar-refractivity contribution in [3.05, 3.63) is 48.2 Å². The van der Waals surface area contributed by atoms with Crippen molar-refractivity contribution < 1.29 is 4.42 Å². The Morgan fingerprint density at radius 3 is 2.38 bits per heavy atom. The van der Waals surface area contributed by atoms with E-state index in [0.29, 0.717) is 5.88 Å². The van der Waals surface area contributed by atoms with Crippen LogP contribution in [0.2, 0.25) is 0 Å². The van der Waals surface area contributed by atoms with Gasteiger partial charge in [0.1, 0.15) is 11.5 Å². The van der Waals surface area contributed by atoms with Crippen LogP contribution in [0.1, 0.15) is 5.76 Å². The molecule has 0 unspecified atom stereocenters. The van der Waals surface area contributed by atoms with E-state index in [4.69, 9.17) is 16.0 Å². The number of alkyl halides is 1. The fourth-order valence-corrected chi connectivity index (χ4v) is 1.35. The summed E-state index contributed by atoms with van der Waals surface area (Å²) < 4.78 is 5.49. The normalized spacial score (nSPS) is 10.2. The second kappa shape index (κ2) is 3.67. The summed E-state index contributed by atoms with van der Waals surface area (Å²) in [5.41, 5.74) is 1.08. The molecule has 66 valence electrons. The second-order valence-corrected chi connectivity index (χ2v) is 3.03. The molecule has 1 nitrogen and oxygen atoms in total. The lowest BCUT2D eigenvalue weighted by atomic mass is 10.2. The van der Waals surface area contributed by atoms with E-state index in [2.05, 4.69) is 0 Å². The maximum absolute atomic E-state index is 5.63. The quantitative estimate of drug-likeness (QED) is 0.662. The van der Waals surface area contributed by atoms with E-state index in [-0.39, 0.29) is 0 Å². The van der Waals surface area contributed by atoms with Crippen LogP contribution in [0.25, 0.3) is 11.3 Å². The van der Waals surface area contributed by atoms with Crippen LogP contribution < -0.4 is 0 Å². The van der Waals surface area contributed by atoms with E-state index in [1.54, 1.807) is 0 Å². The first-order chi connectivity index (χ1) is 6.40. The molecule has 0 saturated carbocycles. The molecule has 1 aromatic carbocycles. The summed E-state index contributed by atoms with van der Waals surface area (Å²) in [6, 6.07) is 13.8. The van der Waals surface area contributed by atoms with E-state index in [9.17, 15) is 0 Å². The van der Waals surface area contributed by atoms with Gasteiger partial charge in [0.05, 0.1) is 5.88 Å². The SMILES string of the molecule is ClCc1ccc(-c2ccccc2)o1. The minimum Gasteiger partial charge on any atom is -0.460 e. The van der Waals surface area contributed by atoms with Gasteiger partial charge in [0.15, 0.2) is 0 Å². The lowest BCUT2D eigenvalue weighted by molar-refractivity contribution is 0.543. The molecule has 0 atom stereocenters. The first-order valence-electron chi connectivity index (χ1n) is 4.10. The Bertz CT molecular complexity index is 378. The minimum atomic E-state index is 0.423. The van der Waals surface area contributed by atoms with Crippen molar-refractivity contribution in [3.63, 3.8) is 0 Å². The highest BCUT2D eigenvalue weighted by Crippen LogP contribution is 2.22. The van der Waals surface area contributed by atoms with Gasteiger partial charge < -0.3 is 4.42 Å². The highest BCUT2D eigenvalue weighted by molar-refractivity contribution is 6.16. The number of halogens is 1. The molecule has 2 aromatic rings. The molecule has 2 rings (SSSR count). The van der Waals surface area contributed by atoms with Gasteiger partial charge in [0.2, 0.25) is 0 Å². The maximum Gasteiger partial charge on any atom is 0.134 e. The number of rotatable bonds is 2. The van der Waals surface area contributed by atoms with Crippen LogP contribution in [-0.4, -0.2) is 0 Å². The second-order valence-electron chi connectivity index (χ2n) is 2.77. The monoisotopic (exact) mass is 192 g/mol. The van der Waals surface area contributed by atoms with E-state index in [1.807, 2.05) is 42.5 Å². The average molecular weight is 193 g/mol. The molecule has 0 fully saturated rings. The van der Waals surface area contributed by atoms with Crippen molar-refractivity contribution in [2.24, 2.45) is 0 Å².